The molecule has 30 heavy (non-hydrogen) atoms. The minimum absolute atomic E-state index is 0.245. The van der Waals surface area contributed by atoms with E-state index in [-0.39, 0.29) is 11.9 Å². The Labute approximate surface area is 177 Å². The van der Waals surface area contributed by atoms with E-state index in [2.05, 4.69) is 33.6 Å². The Kier molecular flexibility index (Phi) is 4.39. The number of thiophene rings is 1. The standard InChI is InChI=1S/C22H20FN5OS/c1-11-5-6-15(9-16(11)23)20-19-12(2)13(3)30-22(19)28-14(4)26-27-21(28)17(25-20)10-18-24-7-8-29-18/h5-9,17H,10H2,1-4H3/t17-/m0/s1. The molecule has 0 amide bonds. The molecule has 5 rings (SSSR count). The van der Waals surface area contributed by atoms with E-state index >= 15 is 0 Å². The van der Waals surface area contributed by atoms with Crippen LogP contribution in [0, 0.1) is 33.5 Å². The van der Waals surface area contributed by atoms with Gasteiger partial charge in [0.15, 0.2) is 11.7 Å². The van der Waals surface area contributed by atoms with Crippen molar-refractivity contribution in [2.24, 2.45) is 4.99 Å². The predicted molar refractivity (Wildman–Crippen MR) is 113 cm³/mol. The summed E-state index contributed by atoms with van der Waals surface area (Å²) in [5, 5.41) is 9.78. The second-order valence-corrected chi connectivity index (χ2v) is 8.69. The van der Waals surface area contributed by atoms with Crippen molar-refractivity contribution in [1.29, 1.82) is 0 Å². The van der Waals surface area contributed by atoms with Gasteiger partial charge in [0.2, 0.25) is 0 Å². The van der Waals surface area contributed by atoms with E-state index in [1.807, 2.05) is 13.0 Å². The van der Waals surface area contributed by atoms with Crippen LogP contribution in [0.25, 0.3) is 5.00 Å². The van der Waals surface area contributed by atoms with Gasteiger partial charge in [-0.3, -0.25) is 9.56 Å². The maximum atomic E-state index is 14.5. The topological polar surface area (TPSA) is 69.1 Å². The highest BCUT2D eigenvalue weighted by Gasteiger charge is 2.32. The fraction of sp³-hybridized carbons (Fsp3) is 0.273. The minimum atomic E-state index is -0.358. The first-order valence-corrected chi connectivity index (χ1v) is 10.5. The molecule has 1 aromatic carbocycles. The summed E-state index contributed by atoms with van der Waals surface area (Å²) >= 11 is 1.68. The molecule has 8 heteroatoms. The minimum Gasteiger partial charge on any atom is -0.449 e. The van der Waals surface area contributed by atoms with Gasteiger partial charge < -0.3 is 4.42 Å². The van der Waals surface area contributed by atoms with Crippen molar-refractivity contribution >= 4 is 17.0 Å². The van der Waals surface area contributed by atoms with Gasteiger partial charge in [0.1, 0.15) is 28.9 Å². The van der Waals surface area contributed by atoms with Crippen LogP contribution in [0.3, 0.4) is 0 Å². The summed E-state index contributed by atoms with van der Waals surface area (Å²) in [5.41, 5.74) is 4.24. The maximum Gasteiger partial charge on any atom is 0.196 e. The molecule has 0 fully saturated rings. The second kappa shape index (κ2) is 6.98. The van der Waals surface area contributed by atoms with Crippen molar-refractivity contribution in [2.45, 2.75) is 40.2 Å². The summed E-state index contributed by atoms with van der Waals surface area (Å²) in [6, 6.07) is 4.92. The van der Waals surface area contributed by atoms with E-state index in [1.165, 1.54) is 4.88 Å². The zero-order valence-electron chi connectivity index (χ0n) is 17.1. The molecular formula is C22H20FN5OS. The number of hydrogen-bond acceptors (Lipinski definition) is 6. The molecule has 4 heterocycles. The van der Waals surface area contributed by atoms with Crippen molar-refractivity contribution in [3.05, 3.63) is 81.1 Å². The number of hydrogen-bond donors (Lipinski definition) is 0. The summed E-state index contributed by atoms with van der Waals surface area (Å²) in [6.07, 6.45) is 3.61. The van der Waals surface area contributed by atoms with Gasteiger partial charge in [-0.15, -0.1) is 21.5 Å². The first-order valence-electron chi connectivity index (χ1n) is 9.69. The van der Waals surface area contributed by atoms with Crippen LogP contribution in [0.4, 0.5) is 4.39 Å². The summed E-state index contributed by atoms with van der Waals surface area (Å²) in [6.45, 7) is 7.86. The molecule has 0 saturated heterocycles. The monoisotopic (exact) mass is 421 g/mol. The first-order chi connectivity index (χ1) is 14.4. The van der Waals surface area contributed by atoms with Crippen LogP contribution in [0.15, 0.2) is 40.1 Å². The van der Waals surface area contributed by atoms with Gasteiger partial charge in [-0.2, -0.15) is 0 Å². The summed E-state index contributed by atoms with van der Waals surface area (Å²) in [7, 11) is 0. The fourth-order valence-electron chi connectivity index (χ4n) is 3.78. The third kappa shape index (κ3) is 2.90. The predicted octanol–water partition coefficient (Wildman–Crippen LogP) is 4.82. The highest BCUT2D eigenvalue weighted by Crippen LogP contribution is 2.39. The van der Waals surface area contributed by atoms with Crippen LogP contribution >= 0.6 is 11.3 Å². The van der Waals surface area contributed by atoms with Crippen LogP contribution < -0.4 is 0 Å². The molecule has 1 aliphatic heterocycles. The van der Waals surface area contributed by atoms with Crippen molar-refractivity contribution < 1.29 is 8.81 Å². The number of aryl methyl sites for hydroxylation is 3. The fourth-order valence-corrected chi connectivity index (χ4v) is 5.00. The third-order valence-corrected chi connectivity index (χ3v) is 6.73. The van der Waals surface area contributed by atoms with Crippen LogP contribution in [-0.2, 0) is 6.42 Å². The quantitative estimate of drug-likeness (QED) is 0.475. The Hall–Kier alpha value is -3.13. The molecule has 1 atom stereocenters. The number of benzene rings is 1. The smallest absolute Gasteiger partial charge is 0.196 e. The van der Waals surface area contributed by atoms with Crippen LogP contribution in [0.1, 0.15) is 50.7 Å². The highest BCUT2D eigenvalue weighted by molar-refractivity contribution is 7.15. The summed E-state index contributed by atoms with van der Waals surface area (Å²) in [4.78, 5) is 10.5. The largest absolute Gasteiger partial charge is 0.449 e. The average Bonchev–Trinajstić information content (AvgIpc) is 3.40. The third-order valence-electron chi connectivity index (χ3n) is 5.54. The van der Waals surface area contributed by atoms with Gasteiger partial charge in [-0.1, -0.05) is 12.1 Å². The van der Waals surface area contributed by atoms with Gasteiger partial charge in [0.25, 0.3) is 0 Å². The van der Waals surface area contributed by atoms with E-state index in [4.69, 9.17) is 9.41 Å². The molecule has 6 nitrogen and oxygen atoms in total. The van der Waals surface area contributed by atoms with Crippen molar-refractivity contribution in [2.75, 3.05) is 0 Å². The van der Waals surface area contributed by atoms with Gasteiger partial charge in [-0.05, 0) is 44.9 Å². The molecule has 0 radical (unpaired) electrons. The van der Waals surface area contributed by atoms with Crippen LogP contribution in [0.2, 0.25) is 0 Å². The molecule has 4 aromatic rings. The van der Waals surface area contributed by atoms with Gasteiger partial charge in [-0.25, -0.2) is 9.37 Å². The van der Waals surface area contributed by atoms with Crippen molar-refractivity contribution in [3.8, 4) is 5.00 Å². The Balaban J connectivity index is 1.79. The molecule has 152 valence electrons. The first kappa shape index (κ1) is 18.9. The number of nitrogens with zero attached hydrogens (tertiary/aromatic N) is 5. The molecule has 0 unspecified atom stereocenters. The summed E-state index contributed by atoms with van der Waals surface area (Å²) < 4.78 is 22.0. The van der Waals surface area contributed by atoms with E-state index in [1.54, 1.807) is 42.9 Å². The summed E-state index contributed by atoms with van der Waals surface area (Å²) in [5.74, 6) is 1.85. The number of fused-ring (bicyclic) bond motifs is 3. The second-order valence-electron chi connectivity index (χ2n) is 7.49. The lowest BCUT2D eigenvalue weighted by molar-refractivity contribution is 0.467. The van der Waals surface area contributed by atoms with E-state index in [0.29, 0.717) is 17.9 Å². The number of rotatable bonds is 3. The van der Waals surface area contributed by atoms with Gasteiger partial charge >= 0.3 is 0 Å². The number of oxazole rings is 1. The molecule has 0 N–H and O–H groups in total. The van der Waals surface area contributed by atoms with Gasteiger partial charge in [0.05, 0.1) is 18.3 Å². The van der Waals surface area contributed by atoms with E-state index in [0.717, 1.165) is 39.1 Å². The Morgan fingerprint density at radius 2 is 2.00 bits per heavy atom. The number of aromatic nitrogens is 4. The van der Waals surface area contributed by atoms with Gasteiger partial charge in [0, 0.05) is 16.0 Å². The number of halogens is 1. The molecule has 0 spiro atoms. The Morgan fingerprint density at radius 3 is 2.73 bits per heavy atom. The molecule has 3 aromatic heterocycles. The van der Waals surface area contributed by atoms with Crippen molar-refractivity contribution in [1.82, 2.24) is 19.7 Å². The van der Waals surface area contributed by atoms with E-state index in [9.17, 15) is 4.39 Å². The van der Waals surface area contributed by atoms with Crippen LogP contribution in [0.5, 0.6) is 0 Å². The SMILES string of the molecule is Cc1ccc(C2=N[C@@H](Cc3ncco3)c3nnc(C)n3-c3sc(C)c(C)c32)cc1F. The number of aliphatic imine (C=N–C) groups is 1. The maximum absolute atomic E-state index is 14.5. The van der Waals surface area contributed by atoms with Crippen molar-refractivity contribution in [3.63, 3.8) is 0 Å². The lowest BCUT2D eigenvalue weighted by Crippen LogP contribution is -2.09. The lowest BCUT2D eigenvalue weighted by atomic mass is 9.98. The average molecular weight is 422 g/mol. The Morgan fingerprint density at radius 1 is 1.17 bits per heavy atom. The van der Waals surface area contributed by atoms with Crippen LogP contribution in [-0.4, -0.2) is 25.5 Å². The molecule has 0 aliphatic carbocycles. The lowest BCUT2D eigenvalue weighted by Gasteiger charge is -2.11. The highest BCUT2D eigenvalue weighted by atomic mass is 32.1. The molecule has 1 aliphatic rings. The molecule has 0 bridgehead atoms. The molecular weight excluding hydrogens is 401 g/mol. The Bertz CT molecular complexity index is 1290. The zero-order chi connectivity index (χ0) is 21.0. The molecule has 0 saturated carbocycles. The normalized spacial score (nSPS) is 15.5. The van der Waals surface area contributed by atoms with E-state index < -0.39 is 0 Å². The zero-order valence-corrected chi connectivity index (χ0v) is 17.9.